The molecule has 0 atom stereocenters. The summed E-state index contributed by atoms with van der Waals surface area (Å²) in [5.41, 5.74) is 0. The summed E-state index contributed by atoms with van der Waals surface area (Å²) in [6, 6.07) is 0. The zero-order chi connectivity index (χ0) is 11.6. The number of hydrogen-bond acceptors (Lipinski definition) is 5. The predicted octanol–water partition coefficient (Wildman–Crippen LogP) is -0.326. The lowest BCUT2D eigenvalue weighted by Crippen LogP contribution is -2.26. The maximum atomic E-state index is 10.8. The van der Waals surface area contributed by atoms with Gasteiger partial charge >= 0.3 is 0 Å². The van der Waals surface area contributed by atoms with Crippen molar-refractivity contribution in [2.24, 2.45) is 0 Å². The van der Waals surface area contributed by atoms with Gasteiger partial charge in [-0.2, -0.15) is 0 Å². The van der Waals surface area contributed by atoms with Gasteiger partial charge in [0.1, 0.15) is 9.84 Å². The van der Waals surface area contributed by atoms with Crippen LogP contribution in [0.1, 0.15) is 6.92 Å². The third-order valence-electron chi connectivity index (χ3n) is 1.65. The van der Waals surface area contributed by atoms with Gasteiger partial charge in [-0.3, -0.25) is 0 Å². The Hall–Kier alpha value is -0.170. The second-order valence-electron chi connectivity index (χ2n) is 3.19. The molecule has 0 fully saturated rings. The molecule has 15 heavy (non-hydrogen) atoms. The molecule has 92 valence electrons. The summed E-state index contributed by atoms with van der Waals surface area (Å²) in [6.07, 6.45) is 1.23. The molecule has 5 nitrogen and oxygen atoms in total. The number of rotatable bonds is 10. The molecule has 0 amide bonds. The van der Waals surface area contributed by atoms with E-state index in [2.05, 4.69) is 5.32 Å². The van der Waals surface area contributed by atoms with Crippen LogP contribution in [-0.2, 0) is 19.3 Å². The monoisotopic (exact) mass is 239 g/mol. The zero-order valence-electron chi connectivity index (χ0n) is 9.49. The van der Waals surface area contributed by atoms with Crippen LogP contribution in [0.25, 0.3) is 0 Å². The minimum Gasteiger partial charge on any atom is -0.379 e. The highest BCUT2D eigenvalue weighted by molar-refractivity contribution is 7.90. The molecule has 0 heterocycles. The van der Waals surface area contributed by atoms with Gasteiger partial charge in [-0.05, 0) is 6.92 Å². The Kier molecular flexibility index (Phi) is 8.98. The largest absolute Gasteiger partial charge is 0.379 e. The molecule has 6 heteroatoms. The third kappa shape index (κ3) is 13.8. The predicted molar refractivity (Wildman–Crippen MR) is 59.9 cm³/mol. The summed E-state index contributed by atoms with van der Waals surface area (Å²) in [5, 5.41) is 2.99. The van der Waals surface area contributed by atoms with Gasteiger partial charge in [0.05, 0.1) is 25.6 Å². The van der Waals surface area contributed by atoms with Crippen LogP contribution >= 0.6 is 0 Å². The van der Waals surface area contributed by atoms with E-state index in [0.717, 1.165) is 0 Å². The first-order chi connectivity index (χ1) is 7.06. The van der Waals surface area contributed by atoms with Crippen molar-refractivity contribution in [1.29, 1.82) is 0 Å². The first-order valence-corrected chi connectivity index (χ1v) is 7.16. The molecule has 0 rings (SSSR count). The summed E-state index contributed by atoms with van der Waals surface area (Å²) in [5.74, 6) is 0.173. The first kappa shape index (κ1) is 14.8. The highest BCUT2D eigenvalue weighted by Crippen LogP contribution is 1.80. The Morgan fingerprint density at radius 1 is 1.07 bits per heavy atom. The van der Waals surface area contributed by atoms with Gasteiger partial charge < -0.3 is 14.8 Å². The van der Waals surface area contributed by atoms with Crippen LogP contribution in [0.3, 0.4) is 0 Å². The van der Waals surface area contributed by atoms with Gasteiger partial charge in [0.25, 0.3) is 0 Å². The zero-order valence-corrected chi connectivity index (χ0v) is 10.3. The summed E-state index contributed by atoms with van der Waals surface area (Å²) in [4.78, 5) is 0. The molecule has 0 radical (unpaired) electrons. The molecule has 0 saturated heterocycles. The lowest BCUT2D eigenvalue weighted by Gasteiger charge is -2.05. The normalized spacial score (nSPS) is 11.9. The lowest BCUT2D eigenvalue weighted by molar-refractivity contribution is 0.0541. The maximum Gasteiger partial charge on any atom is 0.148 e. The van der Waals surface area contributed by atoms with Gasteiger partial charge in [-0.15, -0.1) is 0 Å². The SMILES string of the molecule is CCOCCOCCNCCS(C)(=O)=O. The van der Waals surface area contributed by atoms with Crippen molar-refractivity contribution in [3.05, 3.63) is 0 Å². The summed E-state index contributed by atoms with van der Waals surface area (Å²) in [7, 11) is -2.85. The van der Waals surface area contributed by atoms with Crippen molar-refractivity contribution in [3.8, 4) is 0 Å². The minimum absolute atomic E-state index is 0.173. The van der Waals surface area contributed by atoms with E-state index in [1.807, 2.05) is 6.92 Å². The standard InChI is InChI=1S/C9H21NO4S/c1-3-13-7-8-14-6-4-10-5-9-15(2,11)12/h10H,3-9H2,1-2H3. The molecule has 0 bridgehead atoms. The Morgan fingerprint density at radius 3 is 2.33 bits per heavy atom. The van der Waals surface area contributed by atoms with Crippen LogP contribution in [0.2, 0.25) is 0 Å². The molecule has 0 spiro atoms. The maximum absolute atomic E-state index is 10.8. The molecule has 0 aromatic heterocycles. The first-order valence-electron chi connectivity index (χ1n) is 5.10. The highest BCUT2D eigenvalue weighted by Gasteiger charge is 1.99. The summed E-state index contributed by atoms with van der Waals surface area (Å²) < 4.78 is 31.8. The molecule has 1 N–H and O–H groups in total. The van der Waals surface area contributed by atoms with Crippen LogP contribution in [0.5, 0.6) is 0 Å². The van der Waals surface area contributed by atoms with E-state index in [1.165, 1.54) is 6.26 Å². The van der Waals surface area contributed by atoms with E-state index in [9.17, 15) is 8.42 Å². The molecule has 0 aromatic carbocycles. The Labute approximate surface area is 92.1 Å². The van der Waals surface area contributed by atoms with E-state index in [1.54, 1.807) is 0 Å². The van der Waals surface area contributed by atoms with Crippen molar-refractivity contribution >= 4 is 9.84 Å². The third-order valence-corrected chi connectivity index (χ3v) is 2.59. The topological polar surface area (TPSA) is 64.6 Å². The van der Waals surface area contributed by atoms with E-state index in [0.29, 0.717) is 39.5 Å². The van der Waals surface area contributed by atoms with Crippen molar-refractivity contribution in [2.45, 2.75) is 6.92 Å². The van der Waals surface area contributed by atoms with Crippen molar-refractivity contribution < 1.29 is 17.9 Å². The molecular formula is C9H21NO4S. The van der Waals surface area contributed by atoms with Gasteiger partial charge in [0.2, 0.25) is 0 Å². The van der Waals surface area contributed by atoms with Crippen LogP contribution in [0, 0.1) is 0 Å². The Bertz CT molecular complexity index is 228. The van der Waals surface area contributed by atoms with Gasteiger partial charge in [0.15, 0.2) is 0 Å². The smallest absolute Gasteiger partial charge is 0.148 e. The fraction of sp³-hybridized carbons (Fsp3) is 1.00. The van der Waals surface area contributed by atoms with E-state index in [4.69, 9.17) is 9.47 Å². The van der Waals surface area contributed by atoms with E-state index in [-0.39, 0.29) is 5.75 Å². The molecule has 0 aliphatic carbocycles. The van der Waals surface area contributed by atoms with Gasteiger partial charge in [-0.1, -0.05) is 0 Å². The molecule has 0 aliphatic heterocycles. The van der Waals surface area contributed by atoms with Crippen LogP contribution in [-0.4, -0.2) is 59.9 Å². The van der Waals surface area contributed by atoms with Crippen LogP contribution in [0.15, 0.2) is 0 Å². The second kappa shape index (κ2) is 9.08. The van der Waals surface area contributed by atoms with Crippen molar-refractivity contribution in [2.75, 3.05) is 51.5 Å². The van der Waals surface area contributed by atoms with Crippen molar-refractivity contribution in [1.82, 2.24) is 5.32 Å². The second-order valence-corrected chi connectivity index (χ2v) is 5.45. The average molecular weight is 239 g/mol. The number of sulfone groups is 1. The minimum atomic E-state index is -2.85. The number of ether oxygens (including phenoxy) is 2. The lowest BCUT2D eigenvalue weighted by atomic mass is 10.6. The molecule has 0 aromatic rings. The quantitative estimate of drug-likeness (QED) is 0.529. The number of hydrogen-bond donors (Lipinski definition) is 1. The molecule has 0 aliphatic rings. The van der Waals surface area contributed by atoms with Crippen LogP contribution in [0.4, 0.5) is 0 Å². The van der Waals surface area contributed by atoms with E-state index < -0.39 is 9.84 Å². The Balaban J connectivity index is 3.06. The fourth-order valence-electron chi connectivity index (χ4n) is 0.891. The van der Waals surface area contributed by atoms with Crippen molar-refractivity contribution in [3.63, 3.8) is 0 Å². The van der Waals surface area contributed by atoms with Gasteiger partial charge in [-0.25, -0.2) is 8.42 Å². The van der Waals surface area contributed by atoms with E-state index >= 15 is 0 Å². The molecular weight excluding hydrogens is 218 g/mol. The highest BCUT2D eigenvalue weighted by atomic mass is 32.2. The molecule has 0 saturated carbocycles. The molecule has 0 unspecified atom stereocenters. The fourth-order valence-corrected chi connectivity index (χ4v) is 1.41. The van der Waals surface area contributed by atoms with Crippen LogP contribution < -0.4 is 5.32 Å². The average Bonchev–Trinajstić information content (AvgIpc) is 2.14. The van der Waals surface area contributed by atoms with Gasteiger partial charge in [0, 0.05) is 26.0 Å². The number of nitrogens with one attached hydrogen (secondary N) is 1. The summed E-state index contributed by atoms with van der Waals surface area (Å²) >= 11 is 0. The summed E-state index contributed by atoms with van der Waals surface area (Å²) in [6.45, 7) is 5.57. The Morgan fingerprint density at radius 2 is 1.73 bits per heavy atom.